The summed E-state index contributed by atoms with van der Waals surface area (Å²) < 4.78 is 23.9. The van der Waals surface area contributed by atoms with E-state index in [0.29, 0.717) is 17.5 Å². The molecule has 1 aliphatic rings. The van der Waals surface area contributed by atoms with Crippen LogP contribution in [0.5, 0.6) is 0 Å². The maximum absolute atomic E-state index is 12.0. The van der Waals surface area contributed by atoms with E-state index in [-0.39, 0.29) is 22.2 Å². The minimum Gasteiger partial charge on any atom is -0.383 e. The van der Waals surface area contributed by atoms with Gasteiger partial charge in [-0.15, -0.1) is 0 Å². The summed E-state index contributed by atoms with van der Waals surface area (Å²) in [6, 6.07) is 7.04. The quantitative estimate of drug-likeness (QED) is 0.844. The molecule has 1 aromatic carbocycles. The lowest BCUT2D eigenvalue weighted by Crippen LogP contribution is -2.44. The molecule has 1 aliphatic heterocycles. The Labute approximate surface area is 146 Å². The third kappa shape index (κ3) is 2.87. The van der Waals surface area contributed by atoms with Crippen LogP contribution in [0, 0.1) is 0 Å². The molecule has 3 rings (SSSR count). The lowest BCUT2D eigenvalue weighted by atomic mass is 9.97. The van der Waals surface area contributed by atoms with Gasteiger partial charge < -0.3 is 10.6 Å². The first-order chi connectivity index (χ1) is 11.5. The van der Waals surface area contributed by atoms with E-state index >= 15 is 0 Å². The van der Waals surface area contributed by atoms with E-state index in [1.807, 2.05) is 26.0 Å². The number of pyridine rings is 1. The molecule has 132 valence electrons. The van der Waals surface area contributed by atoms with Gasteiger partial charge in [-0.25, -0.2) is 18.5 Å². The summed E-state index contributed by atoms with van der Waals surface area (Å²) in [6.07, 6.45) is 2.11. The van der Waals surface area contributed by atoms with Crippen LogP contribution in [0.4, 0.5) is 11.5 Å². The molecule has 2 aromatic rings. The van der Waals surface area contributed by atoms with Gasteiger partial charge in [-0.2, -0.15) is 0 Å². The number of nitrogen functional groups attached to an aromatic ring is 1. The molecule has 0 saturated heterocycles. The second-order valence-corrected chi connectivity index (χ2v) is 8.30. The minimum atomic E-state index is -4.03. The number of anilines is 2. The molecule has 0 fully saturated rings. The van der Waals surface area contributed by atoms with E-state index in [9.17, 15) is 13.2 Å². The molecule has 0 spiro atoms. The van der Waals surface area contributed by atoms with Gasteiger partial charge in [0.15, 0.2) is 0 Å². The number of hydrogen-bond donors (Lipinski definition) is 2. The SMILES string of the molecule is CC(=O)N1c2ccc(-c3ccnc(N)c3S(N)(=O)=O)cc2CC1(C)C. The monoisotopic (exact) mass is 360 g/mol. The van der Waals surface area contributed by atoms with Crippen molar-refractivity contribution in [1.29, 1.82) is 0 Å². The summed E-state index contributed by atoms with van der Waals surface area (Å²) >= 11 is 0. The molecule has 4 N–H and O–H groups in total. The number of amides is 1. The molecule has 8 heteroatoms. The molecule has 0 bridgehead atoms. The van der Waals surface area contributed by atoms with Crippen LogP contribution in [0.1, 0.15) is 26.3 Å². The second kappa shape index (κ2) is 5.53. The Balaban J connectivity index is 2.19. The highest BCUT2D eigenvalue weighted by molar-refractivity contribution is 7.89. The van der Waals surface area contributed by atoms with Gasteiger partial charge in [0.25, 0.3) is 0 Å². The summed E-state index contributed by atoms with van der Waals surface area (Å²) in [4.78, 5) is 17.4. The first kappa shape index (κ1) is 17.4. The molecule has 0 radical (unpaired) electrons. The fraction of sp³-hybridized carbons (Fsp3) is 0.294. The number of nitrogens with two attached hydrogens (primary N) is 2. The van der Waals surface area contributed by atoms with Gasteiger partial charge in [-0.3, -0.25) is 4.79 Å². The van der Waals surface area contributed by atoms with Crippen LogP contribution in [0.25, 0.3) is 11.1 Å². The topological polar surface area (TPSA) is 119 Å². The number of sulfonamides is 1. The summed E-state index contributed by atoms with van der Waals surface area (Å²) in [5.41, 5.74) is 8.26. The Morgan fingerprint density at radius 3 is 2.56 bits per heavy atom. The van der Waals surface area contributed by atoms with Crippen molar-refractivity contribution in [3.8, 4) is 11.1 Å². The van der Waals surface area contributed by atoms with Gasteiger partial charge in [0.1, 0.15) is 10.7 Å². The maximum Gasteiger partial charge on any atom is 0.242 e. The van der Waals surface area contributed by atoms with E-state index in [1.165, 1.54) is 13.1 Å². The predicted octanol–water partition coefficient (Wildman–Crippen LogP) is 1.67. The van der Waals surface area contributed by atoms with Crippen molar-refractivity contribution in [3.05, 3.63) is 36.0 Å². The molecular formula is C17H20N4O3S. The van der Waals surface area contributed by atoms with Crippen molar-refractivity contribution >= 4 is 27.4 Å². The number of nitrogens with zero attached hydrogens (tertiary/aromatic N) is 2. The number of carbonyl (C=O) groups excluding carboxylic acids is 1. The average Bonchev–Trinajstić information content (AvgIpc) is 2.74. The highest BCUT2D eigenvalue weighted by atomic mass is 32.2. The Bertz CT molecular complexity index is 983. The number of primary sulfonamides is 1. The standard InChI is InChI=1S/C17H20N4O3S/c1-10(22)21-14-5-4-11(8-12(14)9-17(21,2)3)13-6-7-20-16(18)15(13)25(19,23)24/h4-8H,9H2,1-3H3,(H2,18,20)(H2,19,23,24). The van der Waals surface area contributed by atoms with Crippen LogP contribution in [-0.4, -0.2) is 24.8 Å². The first-order valence-corrected chi connectivity index (χ1v) is 9.28. The van der Waals surface area contributed by atoms with Gasteiger partial charge in [-0.05, 0) is 49.6 Å². The fourth-order valence-electron chi connectivity index (χ4n) is 3.57. The van der Waals surface area contributed by atoms with Gasteiger partial charge in [0.05, 0.1) is 0 Å². The first-order valence-electron chi connectivity index (χ1n) is 7.74. The Kier molecular flexibility index (Phi) is 3.85. The van der Waals surface area contributed by atoms with Gasteiger partial charge >= 0.3 is 0 Å². The van der Waals surface area contributed by atoms with E-state index in [2.05, 4.69) is 4.98 Å². The fourth-order valence-corrected chi connectivity index (χ4v) is 4.41. The normalized spacial score (nSPS) is 15.9. The van der Waals surface area contributed by atoms with E-state index in [0.717, 1.165) is 11.3 Å². The van der Waals surface area contributed by atoms with Crippen molar-refractivity contribution in [2.24, 2.45) is 5.14 Å². The van der Waals surface area contributed by atoms with Crippen LogP contribution < -0.4 is 15.8 Å². The summed E-state index contributed by atoms with van der Waals surface area (Å²) in [5, 5.41) is 5.31. The molecule has 25 heavy (non-hydrogen) atoms. The lowest BCUT2D eigenvalue weighted by molar-refractivity contribution is -0.117. The molecule has 0 saturated carbocycles. The predicted molar refractivity (Wildman–Crippen MR) is 96.4 cm³/mol. The van der Waals surface area contributed by atoms with Crippen LogP contribution in [-0.2, 0) is 21.2 Å². The number of hydrogen-bond acceptors (Lipinski definition) is 5. The Morgan fingerprint density at radius 1 is 1.28 bits per heavy atom. The van der Waals surface area contributed by atoms with E-state index in [4.69, 9.17) is 10.9 Å². The van der Waals surface area contributed by atoms with Crippen LogP contribution >= 0.6 is 0 Å². The van der Waals surface area contributed by atoms with Crippen LogP contribution in [0.15, 0.2) is 35.4 Å². The highest BCUT2D eigenvalue weighted by Crippen LogP contribution is 2.41. The zero-order valence-electron chi connectivity index (χ0n) is 14.3. The number of fused-ring (bicyclic) bond motifs is 1. The number of carbonyl (C=O) groups is 1. The molecule has 1 aromatic heterocycles. The third-order valence-electron chi connectivity index (χ3n) is 4.39. The Hall–Kier alpha value is -2.45. The van der Waals surface area contributed by atoms with Crippen molar-refractivity contribution in [3.63, 3.8) is 0 Å². The number of aromatic nitrogens is 1. The Morgan fingerprint density at radius 2 is 1.96 bits per heavy atom. The van der Waals surface area contributed by atoms with Gasteiger partial charge in [-0.1, -0.05) is 6.07 Å². The van der Waals surface area contributed by atoms with Crippen molar-refractivity contribution in [2.75, 3.05) is 10.6 Å². The molecule has 0 atom stereocenters. The van der Waals surface area contributed by atoms with Crippen molar-refractivity contribution < 1.29 is 13.2 Å². The molecule has 0 unspecified atom stereocenters. The van der Waals surface area contributed by atoms with Gasteiger partial charge in [0.2, 0.25) is 15.9 Å². The molecule has 7 nitrogen and oxygen atoms in total. The minimum absolute atomic E-state index is 0.0325. The summed E-state index contributed by atoms with van der Waals surface area (Å²) in [5.74, 6) is -0.166. The molecule has 1 amide bonds. The highest BCUT2D eigenvalue weighted by Gasteiger charge is 2.38. The van der Waals surface area contributed by atoms with E-state index in [1.54, 1.807) is 17.0 Å². The number of benzene rings is 1. The maximum atomic E-state index is 12.0. The van der Waals surface area contributed by atoms with Crippen LogP contribution in [0.3, 0.4) is 0 Å². The zero-order valence-corrected chi connectivity index (χ0v) is 15.1. The molecular weight excluding hydrogens is 340 g/mol. The number of rotatable bonds is 2. The van der Waals surface area contributed by atoms with E-state index < -0.39 is 10.0 Å². The van der Waals surface area contributed by atoms with Crippen molar-refractivity contribution in [2.45, 2.75) is 37.6 Å². The summed E-state index contributed by atoms with van der Waals surface area (Å²) in [7, 11) is -4.03. The summed E-state index contributed by atoms with van der Waals surface area (Å²) in [6.45, 7) is 5.52. The zero-order chi connectivity index (χ0) is 18.6. The lowest BCUT2D eigenvalue weighted by Gasteiger charge is -2.31. The van der Waals surface area contributed by atoms with Crippen molar-refractivity contribution in [1.82, 2.24) is 4.98 Å². The smallest absolute Gasteiger partial charge is 0.242 e. The molecule has 2 heterocycles. The van der Waals surface area contributed by atoms with Gasteiger partial charge in [0, 0.05) is 29.9 Å². The third-order valence-corrected chi connectivity index (χ3v) is 5.39. The second-order valence-electron chi connectivity index (χ2n) is 6.81. The largest absolute Gasteiger partial charge is 0.383 e. The molecule has 0 aliphatic carbocycles. The van der Waals surface area contributed by atoms with Crippen LogP contribution in [0.2, 0.25) is 0 Å². The average molecular weight is 360 g/mol.